The minimum Gasteiger partial charge on any atom is -0.381 e. The predicted molar refractivity (Wildman–Crippen MR) is 76.1 cm³/mol. The zero-order valence-electron chi connectivity index (χ0n) is 12.3. The molecule has 2 aromatic rings. The second kappa shape index (κ2) is 5.79. The first-order valence-electron chi connectivity index (χ1n) is 6.74. The van der Waals surface area contributed by atoms with Gasteiger partial charge in [0.2, 0.25) is 0 Å². The Balaban J connectivity index is 2.17. The summed E-state index contributed by atoms with van der Waals surface area (Å²) in [6.07, 6.45) is -1.66. The topological polar surface area (TPSA) is 29.9 Å². The molecule has 2 rings (SSSR count). The summed E-state index contributed by atoms with van der Waals surface area (Å²) in [5.41, 5.74) is 2.03. The van der Waals surface area contributed by atoms with Crippen LogP contribution in [0.4, 0.5) is 18.9 Å². The molecule has 0 aliphatic carbocycles. The van der Waals surface area contributed by atoms with Gasteiger partial charge in [0.15, 0.2) is 0 Å². The lowest BCUT2D eigenvalue weighted by atomic mass is 10.1. The third-order valence-electron chi connectivity index (χ3n) is 3.35. The first-order valence-corrected chi connectivity index (χ1v) is 6.74. The van der Waals surface area contributed by atoms with Gasteiger partial charge in [0.1, 0.15) is 0 Å². The Morgan fingerprint density at radius 2 is 2.00 bits per heavy atom. The van der Waals surface area contributed by atoms with E-state index in [1.165, 1.54) is 13.0 Å². The first kappa shape index (κ1) is 15.4. The molecule has 0 bridgehead atoms. The number of anilines is 1. The van der Waals surface area contributed by atoms with Gasteiger partial charge in [-0.3, -0.25) is 4.68 Å². The molecule has 1 N–H and O–H groups in total. The van der Waals surface area contributed by atoms with Gasteiger partial charge < -0.3 is 5.32 Å². The predicted octanol–water partition coefficient (Wildman–Crippen LogP) is 3.92. The maximum Gasteiger partial charge on any atom is 0.416 e. The number of halogens is 3. The fourth-order valence-electron chi connectivity index (χ4n) is 2.26. The summed E-state index contributed by atoms with van der Waals surface area (Å²) in [5, 5.41) is 7.34. The van der Waals surface area contributed by atoms with Gasteiger partial charge in [0.05, 0.1) is 11.3 Å². The fraction of sp³-hybridized carbons (Fsp3) is 0.400. The Morgan fingerprint density at radius 3 is 2.62 bits per heavy atom. The van der Waals surface area contributed by atoms with E-state index in [1.807, 2.05) is 20.2 Å². The Morgan fingerprint density at radius 1 is 1.29 bits per heavy atom. The number of aryl methyl sites for hydroxylation is 3. The van der Waals surface area contributed by atoms with Gasteiger partial charge >= 0.3 is 6.18 Å². The van der Waals surface area contributed by atoms with Crippen LogP contribution >= 0.6 is 0 Å². The van der Waals surface area contributed by atoms with Crippen LogP contribution in [0.15, 0.2) is 24.4 Å². The summed E-state index contributed by atoms with van der Waals surface area (Å²) in [6.45, 7) is 3.92. The van der Waals surface area contributed by atoms with Crippen molar-refractivity contribution in [3.8, 4) is 0 Å². The van der Waals surface area contributed by atoms with Crippen molar-refractivity contribution in [3.63, 3.8) is 0 Å². The molecule has 114 valence electrons. The van der Waals surface area contributed by atoms with Crippen LogP contribution in [-0.4, -0.2) is 9.78 Å². The highest BCUT2D eigenvalue weighted by Crippen LogP contribution is 2.33. The van der Waals surface area contributed by atoms with Crippen LogP contribution in [0.25, 0.3) is 0 Å². The monoisotopic (exact) mass is 297 g/mol. The smallest absolute Gasteiger partial charge is 0.381 e. The third-order valence-corrected chi connectivity index (χ3v) is 3.35. The molecule has 1 heterocycles. The number of alkyl halides is 3. The molecule has 0 unspecified atom stereocenters. The zero-order chi connectivity index (χ0) is 15.6. The fourth-order valence-corrected chi connectivity index (χ4v) is 2.26. The molecule has 1 aromatic heterocycles. The van der Waals surface area contributed by atoms with Crippen molar-refractivity contribution in [2.45, 2.75) is 33.0 Å². The number of hydrogen-bond acceptors (Lipinski definition) is 2. The molecule has 0 spiro atoms. The first-order chi connectivity index (χ1) is 9.81. The molecule has 0 aliphatic rings. The van der Waals surface area contributed by atoms with Crippen molar-refractivity contribution in [2.75, 3.05) is 5.32 Å². The normalized spacial score (nSPS) is 11.7. The number of nitrogens with one attached hydrogen (secondary N) is 1. The molecule has 6 heteroatoms. The van der Waals surface area contributed by atoms with Gasteiger partial charge in [-0.2, -0.15) is 18.3 Å². The van der Waals surface area contributed by atoms with Crippen molar-refractivity contribution in [3.05, 3.63) is 46.8 Å². The van der Waals surface area contributed by atoms with Crippen molar-refractivity contribution < 1.29 is 13.2 Å². The Kier molecular flexibility index (Phi) is 4.25. The number of aromatic nitrogens is 2. The SMILES string of the molecule is CCc1nn(C)cc1CNc1ccc(C)c(C(F)(F)F)c1. The van der Waals surface area contributed by atoms with Crippen molar-refractivity contribution in [1.82, 2.24) is 9.78 Å². The van der Waals surface area contributed by atoms with E-state index < -0.39 is 11.7 Å². The summed E-state index contributed by atoms with van der Waals surface area (Å²) in [4.78, 5) is 0. The Labute approximate surface area is 121 Å². The van der Waals surface area contributed by atoms with Gasteiger partial charge in [0, 0.05) is 31.0 Å². The quantitative estimate of drug-likeness (QED) is 0.927. The molecule has 0 amide bonds. The minimum atomic E-state index is -4.33. The summed E-state index contributed by atoms with van der Waals surface area (Å²) < 4.78 is 40.3. The van der Waals surface area contributed by atoms with Crippen LogP contribution in [0.1, 0.15) is 29.3 Å². The lowest BCUT2D eigenvalue weighted by Gasteiger charge is -2.13. The largest absolute Gasteiger partial charge is 0.416 e. The van der Waals surface area contributed by atoms with E-state index in [-0.39, 0.29) is 5.56 Å². The van der Waals surface area contributed by atoms with Crippen LogP contribution in [0, 0.1) is 6.92 Å². The highest BCUT2D eigenvalue weighted by Gasteiger charge is 2.32. The number of benzene rings is 1. The van der Waals surface area contributed by atoms with Gasteiger partial charge in [-0.25, -0.2) is 0 Å². The van der Waals surface area contributed by atoms with E-state index in [0.29, 0.717) is 12.2 Å². The summed E-state index contributed by atoms with van der Waals surface area (Å²) in [6, 6.07) is 4.29. The average molecular weight is 297 g/mol. The van der Waals surface area contributed by atoms with Gasteiger partial charge in [-0.15, -0.1) is 0 Å². The molecule has 0 saturated carbocycles. The summed E-state index contributed by atoms with van der Waals surface area (Å²) in [5.74, 6) is 0. The summed E-state index contributed by atoms with van der Waals surface area (Å²) in [7, 11) is 1.83. The van der Waals surface area contributed by atoms with Crippen molar-refractivity contribution >= 4 is 5.69 Å². The molecule has 0 atom stereocenters. The number of hydrogen-bond donors (Lipinski definition) is 1. The molecule has 0 radical (unpaired) electrons. The molecular formula is C15H18F3N3. The minimum absolute atomic E-state index is 0.226. The maximum atomic E-state index is 12.9. The molecule has 1 aromatic carbocycles. The molecule has 0 aliphatic heterocycles. The van der Waals surface area contributed by atoms with E-state index in [4.69, 9.17) is 0 Å². The van der Waals surface area contributed by atoms with E-state index in [1.54, 1.807) is 10.7 Å². The highest BCUT2D eigenvalue weighted by molar-refractivity contribution is 5.49. The lowest BCUT2D eigenvalue weighted by Crippen LogP contribution is -2.09. The number of rotatable bonds is 4. The lowest BCUT2D eigenvalue weighted by molar-refractivity contribution is -0.138. The number of nitrogens with zero attached hydrogens (tertiary/aromatic N) is 2. The average Bonchev–Trinajstić information content (AvgIpc) is 2.77. The Bertz CT molecular complexity index is 630. The van der Waals surface area contributed by atoms with Crippen LogP contribution in [0.2, 0.25) is 0 Å². The van der Waals surface area contributed by atoms with Gasteiger partial charge in [0.25, 0.3) is 0 Å². The molecule has 3 nitrogen and oxygen atoms in total. The molecule has 0 fully saturated rings. The van der Waals surface area contributed by atoms with E-state index in [0.717, 1.165) is 23.7 Å². The van der Waals surface area contributed by atoms with E-state index in [9.17, 15) is 13.2 Å². The van der Waals surface area contributed by atoms with Crippen molar-refractivity contribution in [2.24, 2.45) is 7.05 Å². The van der Waals surface area contributed by atoms with E-state index in [2.05, 4.69) is 10.4 Å². The molecule has 0 saturated heterocycles. The third kappa shape index (κ3) is 3.56. The second-order valence-corrected chi connectivity index (χ2v) is 5.01. The van der Waals surface area contributed by atoms with Crippen molar-refractivity contribution in [1.29, 1.82) is 0 Å². The van der Waals surface area contributed by atoms with Crippen LogP contribution in [0.3, 0.4) is 0 Å². The zero-order valence-corrected chi connectivity index (χ0v) is 12.3. The van der Waals surface area contributed by atoms with Gasteiger partial charge in [-0.05, 0) is 31.0 Å². The molecular weight excluding hydrogens is 279 g/mol. The van der Waals surface area contributed by atoms with E-state index >= 15 is 0 Å². The van der Waals surface area contributed by atoms with Gasteiger partial charge in [-0.1, -0.05) is 13.0 Å². The molecule has 21 heavy (non-hydrogen) atoms. The standard InChI is InChI=1S/C15H18F3N3/c1-4-14-11(9-21(3)20-14)8-19-12-6-5-10(2)13(7-12)15(16,17)18/h5-7,9,19H,4,8H2,1-3H3. The summed E-state index contributed by atoms with van der Waals surface area (Å²) >= 11 is 0. The van der Waals surface area contributed by atoms with Crippen LogP contribution in [0.5, 0.6) is 0 Å². The maximum absolute atomic E-state index is 12.9. The van der Waals surface area contributed by atoms with Crippen LogP contribution in [-0.2, 0) is 26.2 Å². The second-order valence-electron chi connectivity index (χ2n) is 5.01. The van der Waals surface area contributed by atoms with Crippen LogP contribution < -0.4 is 5.32 Å². The Hall–Kier alpha value is -1.98. The highest BCUT2D eigenvalue weighted by atomic mass is 19.4.